The van der Waals surface area contributed by atoms with Crippen LogP contribution in [0.2, 0.25) is 5.02 Å². The van der Waals surface area contributed by atoms with Gasteiger partial charge in [-0.1, -0.05) is 35.5 Å². The molecule has 0 bridgehead atoms. The van der Waals surface area contributed by atoms with Gasteiger partial charge in [0.15, 0.2) is 11.5 Å². The quantitative estimate of drug-likeness (QED) is 0.601. The van der Waals surface area contributed by atoms with E-state index in [0.29, 0.717) is 22.8 Å². The fourth-order valence-corrected chi connectivity index (χ4v) is 4.37. The number of ether oxygens (including phenoxy) is 4. The standard InChI is InChI=1S/C23H18ClNO7S/c1-3-30-23(28)19-20(26)18(9-12-8-16-17(32-11-31-16)10-15(12)29-2)33-22(19)25-21(27)13-6-4-5-7-14(13)24/h4-10,26H,3,11H2,1-2H3/b18-9-,25-22?. The van der Waals surface area contributed by atoms with E-state index >= 15 is 0 Å². The average molecular weight is 488 g/mol. The molecule has 0 unspecified atom stereocenters. The number of hydrogen-bond acceptors (Lipinski definition) is 8. The Bertz CT molecular complexity index is 1240. The Morgan fingerprint density at radius 2 is 1.97 bits per heavy atom. The number of methoxy groups -OCH3 is 1. The number of hydrogen-bond donors (Lipinski definition) is 1. The first-order valence-electron chi connectivity index (χ1n) is 9.78. The highest BCUT2D eigenvalue weighted by atomic mass is 35.5. The van der Waals surface area contributed by atoms with Crippen LogP contribution < -0.4 is 14.2 Å². The third kappa shape index (κ3) is 4.55. The van der Waals surface area contributed by atoms with E-state index in [9.17, 15) is 14.7 Å². The molecule has 170 valence electrons. The summed E-state index contributed by atoms with van der Waals surface area (Å²) in [6.07, 6.45) is 1.60. The van der Waals surface area contributed by atoms with Gasteiger partial charge >= 0.3 is 5.97 Å². The number of halogens is 1. The van der Waals surface area contributed by atoms with Crippen LogP contribution in [0.1, 0.15) is 22.8 Å². The zero-order valence-electron chi connectivity index (χ0n) is 17.6. The van der Waals surface area contributed by atoms with Gasteiger partial charge in [-0.15, -0.1) is 0 Å². The number of benzene rings is 2. The van der Waals surface area contributed by atoms with Crippen LogP contribution in [0.15, 0.2) is 57.6 Å². The van der Waals surface area contributed by atoms with Crippen molar-refractivity contribution in [2.45, 2.75) is 6.92 Å². The van der Waals surface area contributed by atoms with Crippen molar-refractivity contribution in [3.8, 4) is 17.2 Å². The van der Waals surface area contributed by atoms with Gasteiger partial charge in [-0.3, -0.25) is 4.79 Å². The van der Waals surface area contributed by atoms with Gasteiger partial charge in [0.1, 0.15) is 22.1 Å². The van der Waals surface area contributed by atoms with E-state index in [0.717, 1.165) is 11.8 Å². The van der Waals surface area contributed by atoms with E-state index in [1.54, 1.807) is 43.3 Å². The summed E-state index contributed by atoms with van der Waals surface area (Å²) in [7, 11) is 1.50. The zero-order valence-corrected chi connectivity index (χ0v) is 19.2. The molecule has 0 saturated heterocycles. The largest absolute Gasteiger partial charge is 0.506 e. The Hall–Kier alpha value is -3.43. The number of carbonyl (C=O) groups excluding carboxylic acids is 2. The molecule has 0 spiro atoms. The van der Waals surface area contributed by atoms with Gasteiger partial charge in [-0.2, -0.15) is 0 Å². The molecular formula is C23H18ClNO7S. The van der Waals surface area contributed by atoms with Gasteiger partial charge in [0.2, 0.25) is 6.79 Å². The molecule has 4 rings (SSSR count). The fourth-order valence-electron chi connectivity index (χ4n) is 3.15. The van der Waals surface area contributed by atoms with Crippen LogP contribution in [0.4, 0.5) is 0 Å². The maximum atomic E-state index is 12.7. The number of aliphatic hydroxyl groups excluding tert-OH is 1. The smallest absolute Gasteiger partial charge is 0.344 e. The van der Waals surface area contributed by atoms with Crippen LogP contribution in [-0.2, 0) is 9.53 Å². The number of thioether (sulfide) groups is 1. The number of esters is 1. The number of rotatable bonds is 5. The molecule has 0 aromatic heterocycles. The van der Waals surface area contributed by atoms with Crippen molar-refractivity contribution in [3.05, 3.63) is 68.8 Å². The highest BCUT2D eigenvalue weighted by molar-refractivity contribution is 8.18. The van der Waals surface area contributed by atoms with Crippen LogP contribution in [0.5, 0.6) is 17.2 Å². The van der Waals surface area contributed by atoms with Gasteiger partial charge in [0.25, 0.3) is 5.91 Å². The lowest BCUT2D eigenvalue weighted by Gasteiger charge is -2.07. The van der Waals surface area contributed by atoms with Crippen molar-refractivity contribution in [2.24, 2.45) is 4.99 Å². The van der Waals surface area contributed by atoms with Gasteiger partial charge < -0.3 is 24.1 Å². The molecule has 0 aliphatic carbocycles. The molecule has 2 aromatic rings. The summed E-state index contributed by atoms with van der Waals surface area (Å²) in [5.74, 6) is -0.289. The molecule has 1 amide bonds. The van der Waals surface area contributed by atoms with Gasteiger partial charge in [0, 0.05) is 11.6 Å². The van der Waals surface area contributed by atoms with Crippen molar-refractivity contribution in [3.63, 3.8) is 0 Å². The molecule has 0 saturated carbocycles. The third-order valence-electron chi connectivity index (χ3n) is 4.69. The number of aliphatic imine (C=N–C) groups is 1. The van der Waals surface area contributed by atoms with Crippen molar-refractivity contribution < 1.29 is 33.6 Å². The normalized spacial score (nSPS) is 17.1. The second-order valence-corrected chi connectivity index (χ2v) is 8.14. The predicted octanol–water partition coefficient (Wildman–Crippen LogP) is 4.78. The molecule has 1 N–H and O–H groups in total. The van der Waals surface area contributed by atoms with Crippen LogP contribution >= 0.6 is 23.4 Å². The van der Waals surface area contributed by atoms with Crippen molar-refractivity contribution >= 4 is 46.4 Å². The van der Waals surface area contributed by atoms with E-state index < -0.39 is 11.9 Å². The average Bonchev–Trinajstić information content (AvgIpc) is 3.37. The Morgan fingerprint density at radius 1 is 1.24 bits per heavy atom. The third-order valence-corrected chi connectivity index (χ3v) is 6.04. The van der Waals surface area contributed by atoms with Crippen molar-refractivity contribution in [2.75, 3.05) is 20.5 Å². The first kappa shape index (κ1) is 22.8. The highest BCUT2D eigenvalue weighted by Crippen LogP contribution is 2.43. The van der Waals surface area contributed by atoms with E-state index in [2.05, 4.69) is 4.99 Å². The number of aliphatic hydroxyl groups is 1. The molecule has 2 aliphatic heterocycles. The van der Waals surface area contributed by atoms with Crippen molar-refractivity contribution in [1.29, 1.82) is 0 Å². The lowest BCUT2D eigenvalue weighted by atomic mass is 10.1. The predicted molar refractivity (Wildman–Crippen MR) is 124 cm³/mol. The maximum absolute atomic E-state index is 12.7. The lowest BCUT2D eigenvalue weighted by Crippen LogP contribution is -2.14. The first-order chi connectivity index (χ1) is 15.9. The summed E-state index contributed by atoms with van der Waals surface area (Å²) in [4.78, 5) is 29.6. The van der Waals surface area contributed by atoms with E-state index in [4.69, 9.17) is 30.5 Å². The van der Waals surface area contributed by atoms with Crippen LogP contribution in [-0.4, -0.2) is 42.5 Å². The molecule has 2 aliphatic rings. The maximum Gasteiger partial charge on any atom is 0.344 e. The highest BCUT2D eigenvalue weighted by Gasteiger charge is 2.34. The second kappa shape index (κ2) is 9.60. The summed E-state index contributed by atoms with van der Waals surface area (Å²) in [6.45, 7) is 1.81. The SMILES string of the molecule is CCOC(=O)C1=C(O)/C(=C/c2cc3c(cc2OC)OCO3)SC1=NC(=O)c1ccccc1Cl. The van der Waals surface area contributed by atoms with Gasteiger partial charge in [-0.25, -0.2) is 9.79 Å². The number of carbonyl (C=O) groups is 2. The first-order valence-corrected chi connectivity index (χ1v) is 11.0. The summed E-state index contributed by atoms with van der Waals surface area (Å²) in [5, 5.41) is 11.1. The molecule has 2 heterocycles. The zero-order chi connectivity index (χ0) is 23.5. The molecule has 0 radical (unpaired) electrons. The molecule has 33 heavy (non-hydrogen) atoms. The minimum Gasteiger partial charge on any atom is -0.506 e. The van der Waals surface area contributed by atoms with Gasteiger partial charge in [-0.05, 0) is 31.2 Å². The van der Waals surface area contributed by atoms with Gasteiger partial charge in [0.05, 0.1) is 29.2 Å². The van der Waals surface area contributed by atoms with E-state index in [1.807, 2.05) is 0 Å². The molecular weight excluding hydrogens is 470 g/mol. The summed E-state index contributed by atoms with van der Waals surface area (Å²) in [6, 6.07) is 9.78. The number of nitrogens with zero attached hydrogens (tertiary/aromatic N) is 1. The number of fused-ring (bicyclic) bond motifs is 1. The molecule has 10 heteroatoms. The molecule has 2 aromatic carbocycles. The Balaban J connectivity index is 1.76. The van der Waals surface area contributed by atoms with E-state index in [-0.39, 0.29) is 45.3 Å². The van der Waals surface area contributed by atoms with Crippen LogP contribution in [0.25, 0.3) is 6.08 Å². The Labute approximate surface area is 198 Å². The molecule has 8 nitrogen and oxygen atoms in total. The van der Waals surface area contributed by atoms with Crippen molar-refractivity contribution in [1.82, 2.24) is 0 Å². The topological polar surface area (TPSA) is 104 Å². The summed E-state index contributed by atoms with van der Waals surface area (Å²) < 4.78 is 21.2. The minimum atomic E-state index is -0.797. The van der Waals surface area contributed by atoms with Crippen LogP contribution in [0.3, 0.4) is 0 Å². The fraction of sp³-hybridized carbons (Fsp3) is 0.174. The molecule has 0 fully saturated rings. The van der Waals surface area contributed by atoms with Crippen LogP contribution in [0, 0.1) is 0 Å². The number of amides is 1. The second-order valence-electron chi connectivity index (χ2n) is 6.70. The van der Waals surface area contributed by atoms with E-state index in [1.165, 1.54) is 13.2 Å². The molecule has 0 atom stereocenters. The summed E-state index contributed by atoms with van der Waals surface area (Å²) in [5.41, 5.74) is 0.538. The Kier molecular flexibility index (Phi) is 6.62. The lowest BCUT2D eigenvalue weighted by molar-refractivity contribution is -0.138. The Morgan fingerprint density at radius 3 is 2.67 bits per heavy atom. The monoisotopic (exact) mass is 487 g/mol. The minimum absolute atomic E-state index is 0.00169. The summed E-state index contributed by atoms with van der Waals surface area (Å²) >= 11 is 7.05.